The lowest BCUT2D eigenvalue weighted by Gasteiger charge is -2.20. The summed E-state index contributed by atoms with van der Waals surface area (Å²) in [4.78, 5) is 0. The molecule has 3 nitrogen and oxygen atoms in total. The predicted molar refractivity (Wildman–Crippen MR) is 64.3 cm³/mol. The third-order valence-electron chi connectivity index (χ3n) is 2.60. The predicted octanol–water partition coefficient (Wildman–Crippen LogP) is 2.66. The van der Waals surface area contributed by atoms with Crippen LogP contribution in [0.15, 0.2) is 6.07 Å². The molecule has 0 aliphatic carbocycles. The second-order valence-corrected chi connectivity index (χ2v) is 5.25. The average Bonchev–Trinajstić information content (AvgIpc) is 2.59. The molecule has 16 heavy (non-hydrogen) atoms. The maximum absolute atomic E-state index is 6.23. The SMILES string of the molecule is Cc1c(CC(C)(C)N)cc2c(c1Cl)OCO2. The van der Waals surface area contributed by atoms with Crippen LogP contribution >= 0.6 is 11.6 Å². The zero-order chi connectivity index (χ0) is 11.9. The fourth-order valence-electron chi connectivity index (χ4n) is 1.82. The standard InChI is InChI=1S/C12H16ClNO2/c1-7-8(5-12(2,3)14)4-9-11(10(7)13)16-6-15-9/h4H,5-6,14H2,1-3H3. The molecule has 0 atom stereocenters. The lowest BCUT2D eigenvalue weighted by Crippen LogP contribution is -2.34. The molecule has 1 aliphatic rings. The van der Waals surface area contributed by atoms with Crippen LogP contribution in [0.25, 0.3) is 0 Å². The van der Waals surface area contributed by atoms with Crippen LogP contribution in [-0.2, 0) is 6.42 Å². The summed E-state index contributed by atoms with van der Waals surface area (Å²) in [7, 11) is 0. The van der Waals surface area contributed by atoms with E-state index in [1.165, 1.54) is 0 Å². The quantitative estimate of drug-likeness (QED) is 0.866. The fraction of sp³-hybridized carbons (Fsp3) is 0.500. The van der Waals surface area contributed by atoms with Crippen molar-refractivity contribution < 1.29 is 9.47 Å². The van der Waals surface area contributed by atoms with Gasteiger partial charge >= 0.3 is 0 Å². The Kier molecular flexibility index (Phi) is 2.76. The lowest BCUT2D eigenvalue weighted by molar-refractivity contribution is 0.174. The summed E-state index contributed by atoms with van der Waals surface area (Å²) in [6, 6.07) is 1.97. The van der Waals surface area contributed by atoms with Gasteiger partial charge in [-0.05, 0) is 44.4 Å². The Balaban J connectivity index is 2.44. The zero-order valence-electron chi connectivity index (χ0n) is 9.76. The Labute approximate surface area is 100 Å². The molecule has 88 valence electrons. The second-order valence-electron chi connectivity index (χ2n) is 4.87. The van der Waals surface area contributed by atoms with Crippen molar-refractivity contribution in [1.82, 2.24) is 0 Å². The van der Waals surface area contributed by atoms with E-state index < -0.39 is 0 Å². The first-order valence-corrected chi connectivity index (χ1v) is 5.63. The van der Waals surface area contributed by atoms with Gasteiger partial charge in [-0.3, -0.25) is 0 Å². The Morgan fingerprint density at radius 2 is 2.12 bits per heavy atom. The molecule has 1 aliphatic heterocycles. The normalized spacial score (nSPS) is 14.3. The van der Waals surface area contributed by atoms with Gasteiger partial charge in [-0.15, -0.1) is 0 Å². The van der Waals surface area contributed by atoms with Gasteiger partial charge in [-0.1, -0.05) is 11.6 Å². The van der Waals surface area contributed by atoms with E-state index >= 15 is 0 Å². The summed E-state index contributed by atoms with van der Waals surface area (Å²) in [5.74, 6) is 1.37. The van der Waals surface area contributed by atoms with E-state index in [1.807, 2.05) is 26.8 Å². The van der Waals surface area contributed by atoms with Gasteiger partial charge in [0.1, 0.15) is 0 Å². The van der Waals surface area contributed by atoms with Gasteiger partial charge < -0.3 is 15.2 Å². The number of rotatable bonds is 2. The van der Waals surface area contributed by atoms with Crippen molar-refractivity contribution in [3.05, 3.63) is 22.2 Å². The van der Waals surface area contributed by atoms with Gasteiger partial charge in [0.05, 0.1) is 5.02 Å². The molecule has 1 heterocycles. The summed E-state index contributed by atoms with van der Waals surface area (Å²) < 4.78 is 10.7. The van der Waals surface area contributed by atoms with Crippen LogP contribution in [0.2, 0.25) is 5.02 Å². The molecular weight excluding hydrogens is 226 g/mol. The summed E-state index contributed by atoms with van der Waals surface area (Å²) in [5, 5.41) is 0.634. The number of hydrogen-bond acceptors (Lipinski definition) is 3. The minimum atomic E-state index is -0.262. The molecule has 4 heteroatoms. The number of halogens is 1. The van der Waals surface area contributed by atoms with Gasteiger partial charge in [-0.2, -0.15) is 0 Å². The van der Waals surface area contributed by atoms with Crippen molar-refractivity contribution in [2.24, 2.45) is 5.73 Å². The van der Waals surface area contributed by atoms with Crippen molar-refractivity contribution in [3.8, 4) is 11.5 Å². The average molecular weight is 242 g/mol. The van der Waals surface area contributed by atoms with Crippen LogP contribution in [-0.4, -0.2) is 12.3 Å². The van der Waals surface area contributed by atoms with E-state index in [2.05, 4.69) is 0 Å². The first-order valence-electron chi connectivity index (χ1n) is 5.25. The highest BCUT2D eigenvalue weighted by molar-refractivity contribution is 6.33. The molecule has 0 bridgehead atoms. The minimum Gasteiger partial charge on any atom is -0.454 e. The number of ether oxygens (including phenoxy) is 2. The fourth-order valence-corrected chi connectivity index (χ4v) is 2.09. The second kappa shape index (κ2) is 3.82. The Morgan fingerprint density at radius 1 is 1.44 bits per heavy atom. The molecule has 2 rings (SSSR count). The summed E-state index contributed by atoms with van der Waals surface area (Å²) in [6.07, 6.45) is 0.759. The van der Waals surface area contributed by atoms with Gasteiger partial charge in [0, 0.05) is 5.54 Å². The van der Waals surface area contributed by atoms with Crippen LogP contribution in [0, 0.1) is 6.92 Å². The molecule has 1 aromatic rings. The number of hydrogen-bond donors (Lipinski definition) is 1. The molecule has 1 aromatic carbocycles. The van der Waals surface area contributed by atoms with Crippen LogP contribution in [0.4, 0.5) is 0 Å². The highest BCUT2D eigenvalue weighted by Crippen LogP contribution is 2.42. The molecule has 0 amide bonds. The third-order valence-corrected chi connectivity index (χ3v) is 3.06. The van der Waals surface area contributed by atoms with E-state index in [9.17, 15) is 0 Å². The molecule has 0 fully saturated rings. The van der Waals surface area contributed by atoms with Crippen molar-refractivity contribution >= 4 is 11.6 Å². The molecule has 0 aromatic heterocycles. The highest BCUT2D eigenvalue weighted by Gasteiger charge is 2.23. The van der Waals surface area contributed by atoms with Crippen LogP contribution < -0.4 is 15.2 Å². The first-order chi connectivity index (χ1) is 7.38. The monoisotopic (exact) mass is 241 g/mol. The molecule has 2 N–H and O–H groups in total. The topological polar surface area (TPSA) is 44.5 Å². The molecule has 0 spiro atoms. The van der Waals surface area contributed by atoms with Crippen molar-refractivity contribution in [3.63, 3.8) is 0 Å². The molecule has 0 saturated carbocycles. The molecule has 0 radical (unpaired) electrons. The van der Waals surface area contributed by atoms with Gasteiger partial charge in [0.2, 0.25) is 6.79 Å². The van der Waals surface area contributed by atoms with Crippen LogP contribution in [0.5, 0.6) is 11.5 Å². The highest BCUT2D eigenvalue weighted by atomic mass is 35.5. The third kappa shape index (κ3) is 2.11. The van der Waals surface area contributed by atoms with Crippen molar-refractivity contribution in [2.75, 3.05) is 6.79 Å². The van der Waals surface area contributed by atoms with E-state index in [4.69, 9.17) is 26.8 Å². The van der Waals surface area contributed by atoms with E-state index in [0.29, 0.717) is 10.8 Å². The van der Waals surface area contributed by atoms with Crippen LogP contribution in [0.1, 0.15) is 25.0 Å². The smallest absolute Gasteiger partial charge is 0.231 e. The maximum atomic E-state index is 6.23. The van der Waals surface area contributed by atoms with Crippen molar-refractivity contribution in [2.45, 2.75) is 32.7 Å². The first kappa shape index (κ1) is 11.6. The zero-order valence-corrected chi connectivity index (χ0v) is 10.5. The van der Waals surface area contributed by atoms with E-state index in [0.717, 1.165) is 23.3 Å². The summed E-state index contributed by atoms with van der Waals surface area (Å²) >= 11 is 6.23. The summed E-state index contributed by atoms with van der Waals surface area (Å²) in [5.41, 5.74) is 7.89. The number of benzene rings is 1. The Morgan fingerprint density at radius 3 is 2.75 bits per heavy atom. The molecule has 0 saturated heterocycles. The maximum Gasteiger partial charge on any atom is 0.231 e. The largest absolute Gasteiger partial charge is 0.454 e. The molecule has 0 unspecified atom stereocenters. The Bertz CT molecular complexity index is 424. The van der Waals surface area contributed by atoms with Gasteiger partial charge in [0.15, 0.2) is 11.5 Å². The lowest BCUT2D eigenvalue weighted by atomic mass is 9.93. The summed E-state index contributed by atoms with van der Waals surface area (Å²) in [6.45, 7) is 6.20. The Hall–Kier alpha value is -0.930. The molecular formula is C12H16ClNO2. The number of nitrogens with two attached hydrogens (primary N) is 1. The van der Waals surface area contributed by atoms with Crippen molar-refractivity contribution in [1.29, 1.82) is 0 Å². The number of fused-ring (bicyclic) bond motifs is 1. The van der Waals surface area contributed by atoms with Gasteiger partial charge in [-0.25, -0.2) is 0 Å². The minimum absolute atomic E-state index is 0.240. The van der Waals surface area contributed by atoms with Gasteiger partial charge in [0.25, 0.3) is 0 Å². The van der Waals surface area contributed by atoms with E-state index in [1.54, 1.807) is 0 Å². The van der Waals surface area contributed by atoms with E-state index in [-0.39, 0.29) is 12.3 Å². The van der Waals surface area contributed by atoms with Crippen LogP contribution in [0.3, 0.4) is 0 Å².